The molecule has 4 heteroatoms. The van der Waals surface area contributed by atoms with Gasteiger partial charge >= 0.3 is 0 Å². The summed E-state index contributed by atoms with van der Waals surface area (Å²) in [6.45, 7) is 0. The molecule has 0 bridgehead atoms. The van der Waals surface area contributed by atoms with Gasteiger partial charge in [-0.15, -0.1) is 0 Å². The molecule has 2 aromatic carbocycles. The van der Waals surface area contributed by atoms with Crippen LogP contribution in [0.2, 0.25) is 0 Å². The molecule has 1 atom stereocenters. The summed E-state index contributed by atoms with van der Waals surface area (Å²) in [5.74, 6) is 6.16. The molecule has 1 fully saturated rings. The number of rotatable bonds is 4. The molecule has 1 aliphatic rings. The average molecular weight is 349 g/mol. The standard InChI is InChI=1S/C17H18BrFN2/c18-15-10-12(8-9-16(15)19)17(21-20)14-7-2-1-6-13(14)11-4-3-5-11/h1-2,6-11,17,21H,3-5,20H2. The summed E-state index contributed by atoms with van der Waals surface area (Å²) in [6.07, 6.45) is 3.77. The van der Waals surface area contributed by atoms with Gasteiger partial charge in [0, 0.05) is 0 Å². The first kappa shape index (κ1) is 14.7. The minimum absolute atomic E-state index is 0.126. The Hall–Kier alpha value is -1.23. The van der Waals surface area contributed by atoms with Crippen molar-refractivity contribution in [3.05, 3.63) is 69.4 Å². The Morgan fingerprint density at radius 1 is 1.19 bits per heavy atom. The first-order valence-electron chi connectivity index (χ1n) is 7.20. The number of hydrogen-bond acceptors (Lipinski definition) is 2. The average Bonchev–Trinajstić information content (AvgIpc) is 2.43. The fourth-order valence-corrected chi connectivity index (χ4v) is 3.32. The van der Waals surface area contributed by atoms with Crippen LogP contribution in [0.15, 0.2) is 46.9 Å². The number of nitrogens with two attached hydrogens (primary N) is 1. The molecular formula is C17H18BrFN2. The van der Waals surface area contributed by atoms with Gasteiger partial charge in [-0.05, 0) is 63.5 Å². The van der Waals surface area contributed by atoms with Crippen LogP contribution in [0.25, 0.3) is 0 Å². The first-order chi connectivity index (χ1) is 10.2. The highest BCUT2D eigenvalue weighted by atomic mass is 79.9. The van der Waals surface area contributed by atoms with Gasteiger partial charge in [0.15, 0.2) is 0 Å². The minimum Gasteiger partial charge on any atom is -0.271 e. The Labute approximate surface area is 132 Å². The predicted octanol–water partition coefficient (Wildman–Crippen LogP) is 4.41. The second kappa shape index (κ2) is 6.26. The molecular weight excluding hydrogens is 331 g/mol. The molecule has 0 spiro atoms. The third-order valence-corrected chi connectivity index (χ3v) is 4.90. The minimum atomic E-state index is -0.262. The zero-order chi connectivity index (χ0) is 14.8. The Kier molecular flexibility index (Phi) is 4.38. The molecule has 2 aromatic rings. The van der Waals surface area contributed by atoms with Gasteiger partial charge in [-0.2, -0.15) is 0 Å². The maximum Gasteiger partial charge on any atom is 0.137 e. The van der Waals surface area contributed by atoms with Crippen LogP contribution >= 0.6 is 15.9 Å². The normalized spacial score (nSPS) is 16.5. The second-order valence-electron chi connectivity index (χ2n) is 5.53. The van der Waals surface area contributed by atoms with E-state index in [0.29, 0.717) is 10.4 Å². The molecule has 0 aromatic heterocycles. The van der Waals surface area contributed by atoms with Crippen LogP contribution in [-0.4, -0.2) is 0 Å². The van der Waals surface area contributed by atoms with E-state index in [1.54, 1.807) is 12.1 Å². The van der Waals surface area contributed by atoms with E-state index in [4.69, 9.17) is 5.84 Å². The van der Waals surface area contributed by atoms with Crippen LogP contribution in [0, 0.1) is 5.82 Å². The van der Waals surface area contributed by atoms with Gasteiger partial charge < -0.3 is 0 Å². The largest absolute Gasteiger partial charge is 0.271 e. The van der Waals surface area contributed by atoms with Gasteiger partial charge in [0.2, 0.25) is 0 Å². The summed E-state index contributed by atoms with van der Waals surface area (Å²) in [6, 6.07) is 13.3. The summed E-state index contributed by atoms with van der Waals surface area (Å²) in [7, 11) is 0. The van der Waals surface area contributed by atoms with Crippen LogP contribution in [0.4, 0.5) is 4.39 Å². The lowest BCUT2D eigenvalue weighted by atomic mass is 9.76. The molecule has 0 heterocycles. The lowest BCUT2D eigenvalue weighted by Crippen LogP contribution is -2.30. The Morgan fingerprint density at radius 2 is 1.95 bits per heavy atom. The lowest BCUT2D eigenvalue weighted by molar-refractivity contribution is 0.414. The molecule has 3 rings (SSSR count). The molecule has 0 aliphatic heterocycles. The van der Waals surface area contributed by atoms with Crippen molar-refractivity contribution in [2.24, 2.45) is 5.84 Å². The smallest absolute Gasteiger partial charge is 0.137 e. The van der Waals surface area contributed by atoms with Crippen molar-refractivity contribution in [3.63, 3.8) is 0 Å². The van der Waals surface area contributed by atoms with Crippen molar-refractivity contribution in [1.82, 2.24) is 5.43 Å². The Bertz CT molecular complexity index is 640. The Morgan fingerprint density at radius 3 is 2.57 bits per heavy atom. The predicted molar refractivity (Wildman–Crippen MR) is 86.3 cm³/mol. The zero-order valence-electron chi connectivity index (χ0n) is 11.7. The van der Waals surface area contributed by atoms with E-state index < -0.39 is 0 Å². The quantitative estimate of drug-likeness (QED) is 0.634. The monoisotopic (exact) mass is 348 g/mol. The maximum atomic E-state index is 13.4. The van der Waals surface area contributed by atoms with Crippen molar-refractivity contribution in [1.29, 1.82) is 0 Å². The summed E-state index contributed by atoms with van der Waals surface area (Å²) >= 11 is 3.24. The van der Waals surface area contributed by atoms with E-state index in [-0.39, 0.29) is 11.9 Å². The van der Waals surface area contributed by atoms with Gasteiger partial charge in [-0.3, -0.25) is 5.84 Å². The summed E-state index contributed by atoms with van der Waals surface area (Å²) in [5.41, 5.74) is 6.37. The van der Waals surface area contributed by atoms with Crippen LogP contribution in [0.1, 0.15) is 47.9 Å². The van der Waals surface area contributed by atoms with Crippen LogP contribution in [0.3, 0.4) is 0 Å². The number of hydrogen-bond donors (Lipinski definition) is 2. The second-order valence-corrected chi connectivity index (χ2v) is 6.38. The van der Waals surface area contributed by atoms with Crippen LogP contribution in [-0.2, 0) is 0 Å². The van der Waals surface area contributed by atoms with Gasteiger partial charge in [0.1, 0.15) is 5.82 Å². The molecule has 0 saturated heterocycles. The molecule has 1 saturated carbocycles. The molecule has 0 radical (unpaired) electrons. The van der Waals surface area contributed by atoms with Gasteiger partial charge in [-0.25, -0.2) is 9.82 Å². The molecule has 3 N–H and O–H groups in total. The van der Waals surface area contributed by atoms with Crippen molar-refractivity contribution >= 4 is 15.9 Å². The van der Waals surface area contributed by atoms with E-state index in [9.17, 15) is 4.39 Å². The number of nitrogens with one attached hydrogen (secondary N) is 1. The highest BCUT2D eigenvalue weighted by Gasteiger charge is 2.25. The van der Waals surface area contributed by atoms with Gasteiger partial charge in [0.05, 0.1) is 10.5 Å². The highest BCUT2D eigenvalue weighted by Crippen LogP contribution is 2.40. The maximum absolute atomic E-state index is 13.4. The summed E-state index contributed by atoms with van der Waals surface area (Å²) in [5, 5.41) is 0. The van der Waals surface area contributed by atoms with E-state index in [0.717, 1.165) is 5.56 Å². The zero-order valence-corrected chi connectivity index (χ0v) is 13.2. The molecule has 110 valence electrons. The fraction of sp³-hybridized carbons (Fsp3) is 0.294. The van der Waals surface area contributed by atoms with Crippen molar-refractivity contribution in [3.8, 4) is 0 Å². The molecule has 21 heavy (non-hydrogen) atoms. The van der Waals surface area contributed by atoms with E-state index >= 15 is 0 Å². The summed E-state index contributed by atoms with van der Waals surface area (Å²) < 4.78 is 13.9. The SMILES string of the molecule is NNC(c1ccc(F)c(Br)c1)c1ccccc1C1CCC1. The van der Waals surface area contributed by atoms with Crippen molar-refractivity contribution < 1.29 is 4.39 Å². The van der Waals surface area contributed by atoms with Gasteiger partial charge in [0.25, 0.3) is 0 Å². The van der Waals surface area contributed by atoms with Crippen LogP contribution < -0.4 is 11.3 Å². The van der Waals surface area contributed by atoms with Gasteiger partial charge in [-0.1, -0.05) is 36.8 Å². The van der Waals surface area contributed by atoms with E-state index in [2.05, 4.69) is 39.6 Å². The summed E-state index contributed by atoms with van der Waals surface area (Å²) in [4.78, 5) is 0. The van der Waals surface area contributed by atoms with E-state index in [1.165, 1.54) is 36.5 Å². The van der Waals surface area contributed by atoms with Crippen molar-refractivity contribution in [2.75, 3.05) is 0 Å². The molecule has 1 aliphatic carbocycles. The lowest BCUT2D eigenvalue weighted by Gasteiger charge is -2.30. The van der Waals surface area contributed by atoms with Crippen molar-refractivity contribution in [2.45, 2.75) is 31.2 Å². The fourth-order valence-electron chi connectivity index (χ4n) is 2.92. The number of halogens is 2. The van der Waals surface area contributed by atoms with E-state index in [1.807, 2.05) is 6.07 Å². The number of hydrazine groups is 1. The molecule has 0 amide bonds. The Balaban J connectivity index is 2.01. The first-order valence-corrected chi connectivity index (χ1v) is 8.00. The topological polar surface area (TPSA) is 38.0 Å². The third kappa shape index (κ3) is 2.89. The number of benzene rings is 2. The van der Waals surface area contributed by atoms with Crippen LogP contribution in [0.5, 0.6) is 0 Å². The highest BCUT2D eigenvalue weighted by molar-refractivity contribution is 9.10. The molecule has 1 unspecified atom stereocenters. The third-order valence-electron chi connectivity index (χ3n) is 4.30. The molecule has 2 nitrogen and oxygen atoms in total.